The van der Waals surface area contributed by atoms with Crippen molar-refractivity contribution in [2.24, 2.45) is 0 Å². The third kappa shape index (κ3) is 2.94. The van der Waals surface area contributed by atoms with Crippen LogP contribution >= 0.6 is 0 Å². The molecule has 6 nitrogen and oxygen atoms in total. The number of aryl methyl sites for hydroxylation is 2. The van der Waals surface area contributed by atoms with Crippen molar-refractivity contribution in [1.82, 2.24) is 9.78 Å². The second kappa shape index (κ2) is 6.42. The van der Waals surface area contributed by atoms with E-state index in [0.29, 0.717) is 23.6 Å². The maximum atomic E-state index is 13.2. The van der Waals surface area contributed by atoms with E-state index >= 15 is 0 Å². The van der Waals surface area contributed by atoms with Crippen LogP contribution in [-0.4, -0.2) is 24.2 Å². The fraction of sp³-hybridized carbons (Fsp3) is 0.375. The van der Waals surface area contributed by atoms with Crippen LogP contribution in [0.3, 0.4) is 0 Å². The van der Waals surface area contributed by atoms with Gasteiger partial charge < -0.3 is 0 Å². The molecule has 0 spiro atoms. The molecule has 7 heteroatoms. The van der Waals surface area contributed by atoms with Gasteiger partial charge in [0.25, 0.3) is 10.0 Å². The monoisotopic (exact) mass is 332 g/mol. The molecule has 0 amide bonds. The molecule has 0 saturated heterocycles. The van der Waals surface area contributed by atoms with E-state index in [-0.39, 0.29) is 4.90 Å². The molecule has 0 saturated carbocycles. The van der Waals surface area contributed by atoms with Crippen LogP contribution in [0.15, 0.2) is 35.2 Å². The Bertz CT molecular complexity index is 835. The van der Waals surface area contributed by atoms with E-state index in [1.807, 2.05) is 13.0 Å². The average Bonchev–Trinajstić information content (AvgIpc) is 2.82. The maximum absolute atomic E-state index is 13.2. The minimum atomic E-state index is -3.89. The number of para-hydroxylation sites is 1. The van der Waals surface area contributed by atoms with Gasteiger partial charge in [-0.1, -0.05) is 18.2 Å². The van der Waals surface area contributed by atoms with Gasteiger partial charge in [0.1, 0.15) is 10.9 Å². The smallest absolute Gasteiger partial charge is 0.268 e. The number of hydrogen-bond acceptors (Lipinski definition) is 4. The summed E-state index contributed by atoms with van der Waals surface area (Å²) in [5, 5.41) is 13.6. The lowest BCUT2D eigenvalue weighted by molar-refractivity contribution is 0.585. The minimum absolute atomic E-state index is 0.172. The largest absolute Gasteiger partial charge is 0.269 e. The van der Waals surface area contributed by atoms with Gasteiger partial charge in [0, 0.05) is 6.54 Å². The van der Waals surface area contributed by atoms with E-state index < -0.39 is 16.1 Å². The quantitative estimate of drug-likeness (QED) is 0.843. The van der Waals surface area contributed by atoms with Crippen LogP contribution in [0.2, 0.25) is 0 Å². The molecule has 0 aliphatic carbocycles. The van der Waals surface area contributed by atoms with Crippen molar-refractivity contribution >= 4 is 15.7 Å². The molecule has 0 N–H and O–H groups in total. The lowest BCUT2D eigenvalue weighted by Gasteiger charge is -2.26. The lowest BCUT2D eigenvalue weighted by atomic mass is 10.3. The Labute approximate surface area is 137 Å². The summed E-state index contributed by atoms with van der Waals surface area (Å²) >= 11 is 0. The van der Waals surface area contributed by atoms with Crippen molar-refractivity contribution in [3.8, 4) is 6.07 Å². The molecule has 1 unspecified atom stereocenters. The molecule has 1 heterocycles. The van der Waals surface area contributed by atoms with Crippen molar-refractivity contribution in [2.75, 3.05) is 4.31 Å². The first-order chi connectivity index (χ1) is 10.8. The summed E-state index contributed by atoms with van der Waals surface area (Å²) in [6, 6.07) is 9.85. The van der Waals surface area contributed by atoms with Crippen LogP contribution in [0.25, 0.3) is 0 Å². The zero-order chi connectivity index (χ0) is 17.2. The van der Waals surface area contributed by atoms with Crippen LogP contribution < -0.4 is 4.31 Å². The number of rotatable bonds is 5. The zero-order valence-corrected chi connectivity index (χ0v) is 14.5. The highest BCUT2D eigenvalue weighted by Crippen LogP contribution is 2.29. The fourth-order valence-corrected chi connectivity index (χ4v) is 4.61. The summed E-state index contributed by atoms with van der Waals surface area (Å²) in [5.74, 6) is 0. The van der Waals surface area contributed by atoms with Crippen LogP contribution in [0, 0.1) is 25.2 Å². The first kappa shape index (κ1) is 17.0. The normalized spacial score (nSPS) is 12.7. The Hall–Kier alpha value is -2.33. The summed E-state index contributed by atoms with van der Waals surface area (Å²) in [6.07, 6.45) is 0. The van der Waals surface area contributed by atoms with Crippen molar-refractivity contribution in [1.29, 1.82) is 5.26 Å². The van der Waals surface area contributed by atoms with Crippen LogP contribution in [-0.2, 0) is 16.6 Å². The Morgan fingerprint density at radius 2 is 1.91 bits per heavy atom. The molecule has 1 aromatic carbocycles. The molecule has 0 bridgehead atoms. The standard InChI is InChI=1S/C16H20N4O2S/c1-5-19-14(4)16(13(3)18-19)23(21,22)20(12(2)11-17)15-9-7-6-8-10-15/h6-10,12H,5H2,1-4H3. The SMILES string of the molecule is CCn1nc(C)c(S(=O)(=O)N(c2ccccc2)C(C)C#N)c1C. The van der Waals surface area contributed by atoms with Gasteiger partial charge in [0.05, 0.1) is 23.1 Å². The Morgan fingerprint density at radius 1 is 1.30 bits per heavy atom. The Kier molecular flexibility index (Phi) is 4.76. The zero-order valence-electron chi connectivity index (χ0n) is 13.7. The van der Waals surface area contributed by atoms with E-state index in [4.69, 9.17) is 0 Å². The molecule has 0 aliphatic rings. The van der Waals surface area contributed by atoms with Crippen molar-refractivity contribution in [3.63, 3.8) is 0 Å². The second-order valence-electron chi connectivity index (χ2n) is 5.26. The van der Waals surface area contributed by atoms with Gasteiger partial charge in [0.2, 0.25) is 0 Å². The molecule has 2 aromatic rings. The summed E-state index contributed by atoms with van der Waals surface area (Å²) in [7, 11) is -3.89. The number of hydrogen-bond donors (Lipinski definition) is 0. The summed E-state index contributed by atoms with van der Waals surface area (Å²) in [6.45, 7) is 7.46. The summed E-state index contributed by atoms with van der Waals surface area (Å²) in [5.41, 5.74) is 1.48. The predicted molar refractivity (Wildman–Crippen MR) is 88.6 cm³/mol. The minimum Gasteiger partial charge on any atom is -0.268 e. The molecule has 0 radical (unpaired) electrons. The summed E-state index contributed by atoms with van der Waals surface area (Å²) in [4.78, 5) is 0.172. The summed E-state index contributed by atoms with van der Waals surface area (Å²) < 4.78 is 29.3. The molecule has 0 fully saturated rings. The molecular formula is C16H20N4O2S. The van der Waals surface area contributed by atoms with E-state index in [1.165, 1.54) is 0 Å². The molecular weight excluding hydrogens is 312 g/mol. The number of nitrogens with zero attached hydrogens (tertiary/aromatic N) is 4. The van der Waals surface area contributed by atoms with E-state index in [1.54, 1.807) is 55.8 Å². The number of anilines is 1. The molecule has 0 aliphatic heterocycles. The van der Waals surface area contributed by atoms with Gasteiger partial charge >= 0.3 is 0 Å². The average molecular weight is 332 g/mol. The van der Waals surface area contributed by atoms with Crippen LogP contribution in [0.1, 0.15) is 25.2 Å². The fourth-order valence-electron chi connectivity index (χ4n) is 2.66. The van der Waals surface area contributed by atoms with Gasteiger partial charge in [0.15, 0.2) is 0 Å². The van der Waals surface area contributed by atoms with E-state index in [2.05, 4.69) is 5.10 Å². The van der Waals surface area contributed by atoms with E-state index in [9.17, 15) is 13.7 Å². The van der Waals surface area contributed by atoms with Crippen LogP contribution in [0.5, 0.6) is 0 Å². The molecule has 2 rings (SSSR count). The van der Waals surface area contributed by atoms with E-state index in [0.717, 1.165) is 4.31 Å². The van der Waals surface area contributed by atoms with Crippen molar-refractivity contribution in [2.45, 2.75) is 45.2 Å². The first-order valence-electron chi connectivity index (χ1n) is 7.37. The third-order valence-electron chi connectivity index (χ3n) is 3.68. The predicted octanol–water partition coefficient (Wildman–Crippen LogP) is 2.63. The highest BCUT2D eigenvalue weighted by Gasteiger charge is 2.34. The molecule has 23 heavy (non-hydrogen) atoms. The highest BCUT2D eigenvalue weighted by molar-refractivity contribution is 7.93. The first-order valence-corrected chi connectivity index (χ1v) is 8.81. The second-order valence-corrected chi connectivity index (χ2v) is 7.01. The van der Waals surface area contributed by atoms with Crippen LogP contribution in [0.4, 0.5) is 5.69 Å². The number of sulfonamides is 1. The topological polar surface area (TPSA) is 79.0 Å². The number of benzene rings is 1. The molecule has 122 valence electrons. The Morgan fingerprint density at radius 3 is 2.39 bits per heavy atom. The maximum Gasteiger partial charge on any atom is 0.269 e. The highest BCUT2D eigenvalue weighted by atomic mass is 32.2. The number of nitriles is 1. The van der Waals surface area contributed by atoms with Gasteiger partial charge in [-0.05, 0) is 39.8 Å². The number of aromatic nitrogens is 2. The van der Waals surface area contributed by atoms with Crippen molar-refractivity contribution in [3.05, 3.63) is 41.7 Å². The molecule has 1 atom stereocenters. The molecule has 1 aromatic heterocycles. The third-order valence-corrected chi connectivity index (χ3v) is 5.83. The van der Waals surface area contributed by atoms with Gasteiger partial charge in [-0.3, -0.25) is 4.68 Å². The van der Waals surface area contributed by atoms with Gasteiger partial charge in [-0.25, -0.2) is 12.7 Å². The van der Waals surface area contributed by atoms with Gasteiger partial charge in [-0.2, -0.15) is 10.4 Å². The lowest BCUT2D eigenvalue weighted by Crippen LogP contribution is -2.38. The van der Waals surface area contributed by atoms with Crippen molar-refractivity contribution < 1.29 is 8.42 Å². The Balaban J connectivity index is 2.68. The van der Waals surface area contributed by atoms with Gasteiger partial charge in [-0.15, -0.1) is 0 Å².